The van der Waals surface area contributed by atoms with Crippen LogP contribution in [0.3, 0.4) is 0 Å². The molecule has 0 aliphatic carbocycles. The van der Waals surface area contributed by atoms with Gasteiger partial charge >= 0.3 is 0 Å². The standard InChI is InChI=1S/C63H70N8O12S/c1-67(2)51-27-15-49(16-28-51)65-66-50-17-29-56(30-18-50)84(82,83)64-38-37-60(75)71-42-6-5-41-70(59(74)33-36-63(80)81)54-23-9-46(10-24-54)43-45-7-19-52(20-8-45)68(57(72)31-34-61(76)77)39-3-4-40-69(58(73)32-35-62(78)79)53-21-11-47(12-22-53)44-48-13-25-55(71)26-14-48/h7-30,64H,3-6,31-44H2,1-2H3,(H,76,77)(H,78,79)(H,80,81)/p-3. The van der Waals surface area contributed by atoms with Crippen molar-refractivity contribution in [3.05, 3.63) is 168 Å². The van der Waals surface area contributed by atoms with E-state index in [0.717, 1.165) is 27.9 Å². The Morgan fingerprint density at radius 2 is 0.702 bits per heavy atom. The first-order chi connectivity index (χ1) is 40.3. The number of nitrogens with one attached hydrogen (secondary N) is 1. The maximum atomic E-state index is 14.2. The molecule has 13 rings (SSSR count). The van der Waals surface area contributed by atoms with E-state index in [1.165, 1.54) is 39.0 Å². The number of benzene rings is 6. The summed E-state index contributed by atoms with van der Waals surface area (Å²) in [6, 6.07) is 42.4. The van der Waals surface area contributed by atoms with Crippen LogP contribution in [0.4, 0.5) is 39.8 Å². The summed E-state index contributed by atoms with van der Waals surface area (Å²) in [7, 11) is -0.185. The molecule has 0 atom stereocenters. The number of hydrogen-bond acceptors (Lipinski definition) is 15. The van der Waals surface area contributed by atoms with Crippen LogP contribution < -0.4 is 44.5 Å². The number of anilines is 5. The van der Waals surface area contributed by atoms with Crippen molar-refractivity contribution in [2.24, 2.45) is 10.2 Å². The second kappa shape index (κ2) is 30.3. The Labute approximate surface area is 489 Å². The molecule has 0 unspecified atom stereocenters. The smallest absolute Gasteiger partial charge is 0.240 e. The van der Waals surface area contributed by atoms with Crippen LogP contribution in [0.5, 0.6) is 0 Å². The number of aliphatic carboxylic acids is 3. The number of hydrogen-bond donors (Lipinski definition) is 1. The van der Waals surface area contributed by atoms with Crippen molar-refractivity contribution in [3.8, 4) is 0 Å². The zero-order valence-corrected chi connectivity index (χ0v) is 47.8. The first kappa shape index (κ1) is 62.5. The van der Waals surface area contributed by atoms with E-state index in [-0.39, 0.29) is 69.2 Å². The molecular formula is C63H67N8O12S-3. The number of nitrogens with zero attached hydrogens (tertiary/aromatic N) is 7. The van der Waals surface area contributed by atoms with Crippen molar-refractivity contribution in [1.29, 1.82) is 0 Å². The van der Waals surface area contributed by atoms with Gasteiger partial charge in [-0.3, -0.25) is 19.2 Å². The Hall–Kier alpha value is -9.08. The van der Waals surface area contributed by atoms with Gasteiger partial charge in [-0.05, 0) is 177 Å². The highest BCUT2D eigenvalue weighted by molar-refractivity contribution is 7.89. The minimum Gasteiger partial charge on any atom is -0.550 e. The third-order valence-electron chi connectivity index (χ3n) is 14.1. The second-order valence-electron chi connectivity index (χ2n) is 20.5. The average Bonchev–Trinajstić information content (AvgIpc) is 3.57. The summed E-state index contributed by atoms with van der Waals surface area (Å²) in [5.41, 5.74) is 7.73. The highest BCUT2D eigenvalue weighted by atomic mass is 32.2. The van der Waals surface area contributed by atoms with Crippen LogP contribution in [0.25, 0.3) is 0 Å². The molecule has 0 saturated carbocycles. The van der Waals surface area contributed by atoms with E-state index in [9.17, 15) is 57.3 Å². The van der Waals surface area contributed by atoms with Gasteiger partial charge in [0.05, 0.1) is 16.3 Å². The lowest BCUT2D eigenvalue weighted by Gasteiger charge is -2.26. The molecular weight excluding hydrogens is 1090 g/mol. The number of carbonyl (C=O) groups excluding carboxylic acids is 7. The maximum absolute atomic E-state index is 14.2. The molecule has 6 aromatic carbocycles. The van der Waals surface area contributed by atoms with E-state index in [4.69, 9.17) is 0 Å². The van der Waals surface area contributed by atoms with Gasteiger partial charge in [0.1, 0.15) is 0 Å². The van der Waals surface area contributed by atoms with Crippen LogP contribution in [0.2, 0.25) is 0 Å². The first-order valence-electron chi connectivity index (χ1n) is 27.8. The topological polar surface area (TPSA) is 276 Å². The fourth-order valence-electron chi connectivity index (χ4n) is 9.48. The Balaban J connectivity index is 1.12. The zero-order chi connectivity index (χ0) is 60.2. The van der Waals surface area contributed by atoms with Crippen molar-refractivity contribution in [2.45, 2.75) is 88.4 Å². The van der Waals surface area contributed by atoms with E-state index in [1.807, 2.05) is 91.8 Å². The molecule has 7 aliphatic rings. The maximum Gasteiger partial charge on any atom is 0.240 e. The fourth-order valence-corrected chi connectivity index (χ4v) is 10.5. The zero-order valence-electron chi connectivity index (χ0n) is 47.0. The van der Waals surface area contributed by atoms with Crippen molar-refractivity contribution in [3.63, 3.8) is 0 Å². The minimum atomic E-state index is -4.05. The fraction of sp³-hybridized carbons (Fsp3) is 0.317. The van der Waals surface area contributed by atoms with Gasteiger partial charge in [-0.2, -0.15) is 10.2 Å². The van der Waals surface area contributed by atoms with Gasteiger partial charge in [-0.25, -0.2) is 13.1 Å². The minimum absolute atomic E-state index is 0.0252. The SMILES string of the molecule is CN(C)c1ccc(N=Nc2ccc(S(=O)(=O)NCCC(=O)N3CCCCN(C(=O)CCC(=O)[O-])c4ccc(cc4)Cc4ccc(cc4)N(C(=O)CCC(=O)[O-])CCCCN(C(=O)CCC(=O)[O-])c4ccc(cc4)Cc4ccc3cc4)cc2)cc1. The third-order valence-corrected chi connectivity index (χ3v) is 15.6. The first-order valence-corrected chi connectivity index (χ1v) is 29.3. The van der Waals surface area contributed by atoms with Gasteiger partial charge in [-0.1, -0.05) is 48.5 Å². The number of amides is 4. The van der Waals surface area contributed by atoms with Crippen LogP contribution in [0.15, 0.2) is 161 Å². The van der Waals surface area contributed by atoms with Crippen molar-refractivity contribution < 1.29 is 57.3 Å². The molecule has 0 aromatic heterocycles. The molecule has 0 spiro atoms. The molecule has 1 N–H and O–H groups in total. The molecule has 20 nitrogen and oxygen atoms in total. The molecule has 0 radical (unpaired) electrons. The number of azo groups is 1. The lowest BCUT2D eigenvalue weighted by atomic mass is 10.0. The number of carboxylic acids is 3. The van der Waals surface area contributed by atoms with Gasteiger partial charge in [-0.15, -0.1) is 0 Å². The summed E-state index contributed by atoms with van der Waals surface area (Å²) < 4.78 is 29.5. The van der Waals surface area contributed by atoms with E-state index in [1.54, 1.807) is 53.4 Å². The Kier molecular flexibility index (Phi) is 22.5. The number of rotatable bonds is 17. The predicted octanol–water partition coefficient (Wildman–Crippen LogP) is 5.91. The van der Waals surface area contributed by atoms with Gasteiger partial charge < -0.3 is 54.2 Å². The van der Waals surface area contributed by atoms with Crippen molar-refractivity contribution >= 4 is 91.4 Å². The second-order valence-corrected chi connectivity index (χ2v) is 22.3. The van der Waals surface area contributed by atoms with Crippen molar-refractivity contribution in [2.75, 3.05) is 71.3 Å². The molecule has 8 bridgehead atoms. The van der Waals surface area contributed by atoms with Crippen LogP contribution >= 0.6 is 0 Å². The highest BCUT2D eigenvalue weighted by Crippen LogP contribution is 2.27. The number of carbonyl (C=O) groups is 7. The van der Waals surface area contributed by atoms with Gasteiger partial charge in [0, 0.05) is 119 Å². The molecule has 440 valence electrons. The number of sulfonamides is 1. The van der Waals surface area contributed by atoms with Crippen molar-refractivity contribution in [1.82, 2.24) is 4.72 Å². The molecule has 7 aliphatic heterocycles. The monoisotopic (exact) mass is 1160 g/mol. The normalized spacial score (nSPS) is 13.7. The molecule has 21 heteroatoms. The lowest BCUT2D eigenvalue weighted by molar-refractivity contribution is -0.307. The third kappa shape index (κ3) is 18.7. The molecule has 6 aromatic rings. The van der Waals surface area contributed by atoms with E-state index >= 15 is 0 Å². The molecule has 0 fully saturated rings. The van der Waals surface area contributed by atoms with E-state index in [0.29, 0.717) is 72.6 Å². The van der Waals surface area contributed by atoms with Gasteiger partial charge in [0.15, 0.2) is 0 Å². The summed E-state index contributed by atoms with van der Waals surface area (Å²) in [4.78, 5) is 97.2. The molecule has 4 amide bonds. The Bertz CT molecular complexity index is 3380. The average molecular weight is 1160 g/mol. The van der Waals surface area contributed by atoms with Crippen LogP contribution in [-0.4, -0.2) is 96.8 Å². The van der Waals surface area contributed by atoms with Gasteiger partial charge in [0.2, 0.25) is 33.7 Å². The van der Waals surface area contributed by atoms with E-state index in [2.05, 4.69) is 15.0 Å². The number of carboxylic acid groups (broad SMARTS) is 3. The summed E-state index contributed by atoms with van der Waals surface area (Å²) in [5, 5.41) is 42.7. The van der Waals surface area contributed by atoms with E-state index < -0.39 is 64.9 Å². The highest BCUT2D eigenvalue weighted by Gasteiger charge is 2.23. The predicted molar refractivity (Wildman–Crippen MR) is 313 cm³/mol. The summed E-state index contributed by atoms with van der Waals surface area (Å²) >= 11 is 0. The molecule has 0 saturated heterocycles. The quantitative estimate of drug-likeness (QED) is 0.104. The Morgan fingerprint density at radius 3 is 0.988 bits per heavy atom. The summed E-state index contributed by atoms with van der Waals surface area (Å²) in [6.45, 7) is 0.531. The largest absolute Gasteiger partial charge is 0.550 e. The van der Waals surface area contributed by atoms with Gasteiger partial charge in [0.25, 0.3) is 0 Å². The lowest BCUT2D eigenvalue weighted by Crippen LogP contribution is -2.36. The molecule has 7 heterocycles. The van der Waals surface area contributed by atoms with Crippen LogP contribution in [0, 0.1) is 0 Å². The van der Waals surface area contributed by atoms with Crippen LogP contribution in [0.1, 0.15) is 92.9 Å². The van der Waals surface area contributed by atoms with Crippen LogP contribution in [-0.2, 0) is 56.4 Å². The Morgan fingerprint density at radius 1 is 0.417 bits per heavy atom. The summed E-state index contributed by atoms with van der Waals surface area (Å²) in [6.07, 6.45) is -0.00683. The molecule has 84 heavy (non-hydrogen) atoms. The summed E-state index contributed by atoms with van der Waals surface area (Å²) in [5.74, 6) is -5.73.